The minimum atomic E-state index is -0.373. The summed E-state index contributed by atoms with van der Waals surface area (Å²) in [6.45, 7) is 3.70. The standard InChI is InChI=1S/C19H20N6O3/c1-11-5-6-13(10-15(11)21-19(27)16-4-3-9-28-16)18(26)20-12(2)17-22-23-24-25(17)14-7-8-14/h3-6,9-10,12,14H,7-8H2,1-2H3,(H,20,26)(H,21,27)/t12-/m1/s1. The van der Waals surface area contributed by atoms with E-state index in [0.717, 1.165) is 18.4 Å². The van der Waals surface area contributed by atoms with Crippen molar-refractivity contribution >= 4 is 17.5 Å². The number of nitrogens with one attached hydrogen (secondary N) is 2. The van der Waals surface area contributed by atoms with Gasteiger partial charge in [0.25, 0.3) is 11.8 Å². The van der Waals surface area contributed by atoms with Gasteiger partial charge in [0.05, 0.1) is 18.3 Å². The fourth-order valence-corrected chi connectivity index (χ4v) is 2.90. The first-order chi connectivity index (χ1) is 13.5. The number of carbonyl (C=O) groups excluding carboxylic acids is 2. The molecule has 4 rings (SSSR count). The minimum absolute atomic E-state index is 0.204. The Bertz CT molecular complexity index is 1010. The number of benzene rings is 1. The zero-order chi connectivity index (χ0) is 19.7. The average Bonchev–Trinajstić information content (AvgIpc) is 3.18. The summed E-state index contributed by atoms with van der Waals surface area (Å²) in [4.78, 5) is 24.9. The van der Waals surface area contributed by atoms with Gasteiger partial charge in [0.2, 0.25) is 0 Å². The first kappa shape index (κ1) is 17.9. The summed E-state index contributed by atoms with van der Waals surface area (Å²) in [6, 6.07) is 8.34. The monoisotopic (exact) mass is 380 g/mol. The Labute approximate surface area is 161 Å². The molecular formula is C19H20N6O3. The van der Waals surface area contributed by atoms with E-state index in [1.807, 2.05) is 13.8 Å². The second kappa shape index (κ2) is 7.26. The van der Waals surface area contributed by atoms with Gasteiger partial charge in [0, 0.05) is 11.3 Å². The molecule has 2 heterocycles. The molecule has 0 radical (unpaired) electrons. The summed E-state index contributed by atoms with van der Waals surface area (Å²) in [5.41, 5.74) is 1.81. The Morgan fingerprint density at radius 3 is 2.79 bits per heavy atom. The Morgan fingerprint density at radius 1 is 1.25 bits per heavy atom. The molecule has 9 nitrogen and oxygen atoms in total. The molecule has 2 amide bonds. The van der Waals surface area contributed by atoms with Gasteiger partial charge in [-0.25, -0.2) is 4.68 Å². The number of aromatic nitrogens is 4. The first-order valence-corrected chi connectivity index (χ1v) is 9.07. The van der Waals surface area contributed by atoms with E-state index >= 15 is 0 Å². The number of furan rings is 1. The maximum atomic E-state index is 12.7. The van der Waals surface area contributed by atoms with E-state index < -0.39 is 0 Å². The average molecular weight is 380 g/mol. The van der Waals surface area contributed by atoms with Crippen LogP contribution >= 0.6 is 0 Å². The molecule has 0 saturated heterocycles. The topological polar surface area (TPSA) is 115 Å². The van der Waals surface area contributed by atoms with Crippen LogP contribution in [0.15, 0.2) is 41.0 Å². The molecule has 1 aliphatic rings. The largest absolute Gasteiger partial charge is 0.459 e. The van der Waals surface area contributed by atoms with Crippen LogP contribution in [0.3, 0.4) is 0 Å². The van der Waals surface area contributed by atoms with Crippen LogP contribution in [-0.2, 0) is 0 Å². The lowest BCUT2D eigenvalue weighted by Gasteiger charge is -2.15. The summed E-state index contributed by atoms with van der Waals surface area (Å²) < 4.78 is 6.88. The van der Waals surface area contributed by atoms with Gasteiger partial charge in [0.15, 0.2) is 11.6 Å². The van der Waals surface area contributed by atoms with Crippen molar-refractivity contribution in [1.82, 2.24) is 25.5 Å². The molecule has 28 heavy (non-hydrogen) atoms. The second-order valence-corrected chi connectivity index (χ2v) is 6.87. The summed E-state index contributed by atoms with van der Waals surface area (Å²) in [6.07, 6.45) is 3.53. The van der Waals surface area contributed by atoms with Crippen molar-refractivity contribution in [3.05, 3.63) is 59.3 Å². The lowest BCUT2D eigenvalue weighted by atomic mass is 10.1. The Morgan fingerprint density at radius 2 is 2.07 bits per heavy atom. The Balaban J connectivity index is 1.48. The van der Waals surface area contributed by atoms with Gasteiger partial charge in [-0.3, -0.25) is 9.59 Å². The predicted molar refractivity (Wildman–Crippen MR) is 99.8 cm³/mol. The zero-order valence-electron chi connectivity index (χ0n) is 15.5. The van der Waals surface area contributed by atoms with Crippen LogP contribution in [0.2, 0.25) is 0 Å². The van der Waals surface area contributed by atoms with Crippen LogP contribution in [-0.4, -0.2) is 32.0 Å². The van der Waals surface area contributed by atoms with Crippen LogP contribution in [0.1, 0.15) is 64.1 Å². The van der Waals surface area contributed by atoms with E-state index in [1.54, 1.807) is 35.0 Å². The first-order valence-electron chi connectivity index (χ1n) is 9.07. The number of hydrogen-bond acceptors (Lipinski definition) is 6. The van der Waals surface area contributed by atoms with Crippen LogP contribution in [0, 0.1) is 6.92 Å². The number of nitrogens with zero attached hydrogens (tertiary/aromatic N) is 4. The van der Waals surface area contributed by atoms with Crippen molar-refractivity contribution in [2.45, 2.75) is 38.8 Å². The molecule has 1 saturated carbocycles. The molecule has 3 aromatic rings. The number of amides is 2. The minimum Gasteiger partial charge on any atom is -0.459 e. The fraction of sp³-hybridized carbons (Fsp3) is 0.316. The van der Waals surface area contributed by atoms with E-state index in [-0.39, 0.29) is 23.6 Å². The molecule has 9 heteroatoms. The molecular weight excluding hydrogens is 360 g/mol. The molecule has 0 aliphatic heterocycles. The van der Waals surface area contributed by atoms with Gasteiger partial charge in [-0.2, -0.15) is 0 Å². The lowest BCUT2D eigenvalue weighted by Crippen LogP contribution is -2.29. The van der Waals surface area contributed by atoms with Crippen molar-refractivity contribution in [2.75, 3.05) is 5.32 Å². The van der Waals surface area contributed by atoms with E-state index in [0.29, 0.717) is 23.1 Å². The number of rotatable bonds is 6. The van der Waals surface area contributed by atoms with Crippen LogP contribution < -0.4 is 10.6 Å². The molecule has 2 aromatic heterocycles. The summed E-state index contributed by atoms with van der Waals surface area (Å²) in [5, 5.41) is 17.5. The highest BCUT2D eigenvalue weighted by molar-refractivity contribution is 6.03. The summed E-state index contributed by atoms with van der Waals surface area (Å²) >= 11 is 0. The van der Waals surface area contributed by atoms with Crippen LogP contribution in [0.5, 0.6) is 0 Å². The third-order valence-corrected chi connectivity index (χ3v) is 4.64. The smallest absolute Gasteiger partial charge is 0.291 e. The van der Waals surface area contributed by atoms with E-state index in [2.05, 4.69) is 26.2 Å². The molecule has 1 atom stereocenters. The quantitative estimate of drug-likeness (QED) is 0.679. The van der Waals surface area contributed by atoms with E-state index in [4.69, 9.17) is 4.42 Å². The zero-order valence-corrected chi connectivity index (χ0v) is 15.5. The van der Waals surface area contributed by atoms with Crippen molar-refractivity contribution in [3.63, 3.8) is 0 Å². The molecule has 1 aliphatic carbocycles. The van der Waals surface area contributed by atoms with Gasteiger partial charge in [0.1, 0.15) is 0 Å². The SMILES string of the molecule is Cc1ccc(C(=O)N[C@H](C)c2nnnn2C2CC2)cc1NC(=O)c1ccco1. The normalized spacial score (nSPS) is 14.5. The highest BCUT2D eigenvalue weighted by Crippen LogP contribution is 2.35. The number of carbonyl (C=O) groups is 2. The van der Waals surface area contributed by atoms with Gasteiger partial charge in [-0.05, 0) is 66.9 Å². The number of anilines is 1. The van der Waals surface area contributed by atoms with Gasteiger partial charge >= 0.3 is 0 Å². The number of aryl methyl sites for hydroxylation is 1. The molecule has 0 spiro atoms. The number of hydrogen-bond donors (Lipinski definition) is 2. The van der Waals surface area contributed by atoms with E-state index in [1.165, 1.54) is 6.26 Å². The maximum absolute atomic E-state index is 12.7. The molecule has 0 unspecified atom stereocenters. The lowest BCUT2D eigenvalue weighted by molar-refractivity contribution is 0.0935. The molecule has 2 N–H and O–H groups in total. The second-order valence-electron chi connectivity index (χ2n) is 6.87. The molecule has 1 aromatic carbocycles. The highest BCUT2D eigenvalue weighted by atomic mass is 16.3. The highest BCUT2D eigenvalue weighted by Gasteiger charge is 2.30. The summed E-state index contributed by atoms with van der Waals surface area (Å²) in [5.74, 6) is 0.193. The van der Waals surface area contributed by atoms with Crippen molar-refractivity contribution < 1.29 is 14.0 Å². The predicted octanol–water partition coefficient (Wildman–Crippen LogP) is 2.65. The van der Waals surface area contributed by atoms with Gasteiger partial charge < -0.3 is 15.1 Å². The third-order valence-electron chi connectivity index (χ3n) is 4.64. The van der Waals surface area contributed by atoms with Crippen molar-refractivity contribution in [3.8, 4) is 0 Å². The Hall–Kier alpha value is -3.49. The Kier molecular flexibility index (Phi) is 4.64. The summed E-state index contributed by atoms with van der Waals surface area (Å²) in [7, 11) is 0. The molecule has 0 bridgehead atoms. The molecule has 144 valence electrons. The van der Waals surface area contributed by atoms with Crippen LogP contribution in [0.4, 0.5) is 5.69 Å². The maximum Gasteiger partial charge on any atom is 0.291 e. The van der Waals surface area contributed by atoms with Gasteiger partial charge in [-0.15, -0.1) is 5.10 Å². The van der Waals surface area contributed by atoms with Crippen LogP contribution in [0.25, 0.3) is 0 Å². The third kappa shape index (κ3) is 3.64. The fourth-order valence-electron chi connectivity index (χ4n) is 2.90. The van der Waals surface area contributed by atoms with Crippen molar-refractivity contribution in [2.24, 2.45) is 0 Å². The van der Waals surface area contributed by atoms with Crippen molar-refractivity contribution in [1.29, 1.82) is 0 Å². The van der Waals surface area contributed by atoms with Gasteiger partial charge in [-0.1, -0.05) is 6.07 Å². The molecule has 1 fully saturated rings. The van der Waals surface area contributed by atoms with E-state index in [9.17, 15) is 9.59 Å². The number of tetrazole rings is 1.